The molecule has 1 N–H and O–H groups in total. The lowest BCUT2D eigenvalue weighted by atomic mass is 9.98. The number of halogens is 2. The fraction of sp³-hybridized carbons (Fsp3) is 0.462. The zero-order chi connectivity index (χ0) is 12.5. The summed E-state index contributed by atoms with van der Waals surface area (Å²) in [5.41, 5.74) is 0.974. The minimum atomic E-state index is 0.372. The van der Waals surface area contributed by atoms with E-state index in [1.165, 1.54) is 32.1 Å². The number of H-pyrrole nitrogens is 1. The molecule has 3 rings (SSSR count). The van der Waals surface area contributed by atoms with E-state index >= 15 is 0 Å². The van der Waals surface area contributed by atoms with Gasteiger partial charge in [0.05, 0.1) is 16.1 Å². The maximum atomic E-state index is 6.13. The zero-order valence-corrected chi connectivity index (χ0v) is 13.6. The molecular weight excluding hydrogens is 407 g/mol. The summed E-state index contributed by atoms with van der Waals surface area (Å²) in [5, 5.41) is 8.37. The molecule has 0 atom stereocenters. The highest BCUT2D eigenvalue weighted by Gasteiger charge is 2.17. The first-order chi connectivity index (χ1) is 8.74. The van der Waals surface area contributed by atoms with Crippen molar-refractivity contribution in [2.75, 3.05) is 0 Å². The van der Waals surface area contributed by atoms with Gasteiger partial charge >= 0.3 is 0 Å². The van der Waals surface area contributed by atoms with Crippen molar-refractivity contribution < 1.29 is 4.74 Å². The number of aromatic nitrogens is 2. The Hall–Kier alpha value is -0.300. The third kappa shape index (κ3) is 2.52. The number of fused-ring (bicyclic) bond motifs is 1. The maximum absolute atomic E-state index is 6.13. The van der Waals surface area contributed by atoms with Gasteiger partial charge in [0.25, 0.3) is 0 Å². The van der Waals surface area contributed by atoms with E-state index in [0.29, 0.717) is 6.10 Å². The van der Waals surface area contributed by atoms with Crippen molar-refractivity contribution in [3.63, 3.8) is 0 Å². The molecule has 96 valence electrons. The average Bonchev–Trinajstić information content (AvgIpc) is 2.73. The van der Waals surface area contributed by atoms with Crippen LogP contribution in [0.25, 0.3) is 10.9 Å². The summed E-state index contributed by atoms with van der Waals surface area (Å²) in [6, 6.07) is 4.10. The van der Waals surface area contributed by atoms with Crippen LogP contribution >= 0.6 is 38.5 Å². The van der Waals surface area contributed by atoms with Crippen LogP contribution in [0.4, 0.5) is 0 Å². The summed E-state index contributed by atoms with van der Waals surface area (Å²) < 4.78 is 8.17. The number of nitrogens with one attached hydrogen (secondary N) is 1. The van der Waals surface area contributed by atoms with Gasteiger partial charge in [0.2, 0.25) is 0 Å². The number of aromatic amines is 1. The Labute approximate surface area is 128 Å². The second kappa shape index (κ2) is 5.36. The fourth-order valence-electron chi connectivity index (χ4n) is 2.43. The highest BCUT2D eigenvalue weighted by molar-refractivity contribution is 14.1. The van der Waals surface area contributed by atoms with Crippen LogP contribution in [0, 0.1) is 3.70 Å². The molecule has 0 aliphatic heterocycles. The molecule has 0 amide bonds. The summed E-state index contributed by atoms with van der Waals surface area (Å²) in [7, 11) is 0. The van der Waals surface area contributed by atoms with Gasteiger partial charge in [-0.15, -0.1) is 0 Å². The molecule has 3 nitrogen and oxygen atoms in total. The molecule has 1 heterocycles. The van der Waals surface area contributed by atoms with Crippen molar-refractivity contribution in [3.05, 3.63) is 20.3 Å². The summed E-state index contributed by atoms with van der Waals surface area (Å²) in [4.78, 5) is 0. The van der Waals surface area contributed by atoms with Crippen molar-refractivity contribution in [1.82, 2.24) is 10.2 Å². The number of benzene rings is 1. The first-order valence-corrected chi connectivity index (χ1v) is 8.11. The molecule has 5 heteroatoms. The predicted octanol–water partition coefficient (Wildman–Crippen LogP) is 4.64. The zero-order valence-electron chi connectivity index (χ0n) is 9.88. The quantitative estimate of drug-likeness (QED) is 0.718. The summed E-state index contributed by atoms with van der Waals surface area (Å²) >= 11 is 5.84. The molecule has 1 aromatic heterocycles. The highest BCUT2D eigenvalue weighted by atomic mass is 127. The van der Waals surface area contributed by atoms with Gasteiger partial charge in [-0.25, -0.2) is 0 Å². The van der Waals surface area contributed by atoms with Crippen LogP contribution in [0.5, 0.6) is 5.75 Å². The van der Waals surface area contributed by atoms with E-state index < -0.39 is 0 Å². The first-order valence-electron chi connectivity index (χ1n) is 6.24. The van der Waals surface area contributed by atoms with Crippen molar-refractivity contribution in [1.29, 1.82) is 0 Å². The van der Waals surface area contributed by atoms with Crippen molar-refractivity contribution in [2.45, 2.75) is 38.2 Å². The topological polar surface area (TPSA) is 37.9 Å². The Bertz CT molecular complexity index is 563. The Kier molecular flexibility index (Phi) is 3.79. The summed E-state index contributed by atoms with van der Waals surface area (Å²) in [6.45, 7) is 0. The number of hydrogen-bond donors (Lipinski definition) is 1. The second-order valence-corrected chi connectivity index (χ2v) is 6.65. The molecule has 1 aromatic carbocycles. The van der Waals surface area contributed by atoms with Crippen LogP contribution < -0.4 is 4.74 Å². The summed E-state index contributed by atoms with van der Waals surface area (Å²) in [6.07, 6.45) is 6.64. The monoisotopic (exact) mass is 420 g/mol. The van der Waals surface area contributed by atoms with E-state index in [9.17, 15) is 0 Å². The molecule has 1 saturated carbocycles. The lowest BCUT2D eigenvalue weighted by molar-refractivity contribution is 0.154. The molecule has 18 heavy (non-hydrogen) atoms. The molecule has 0 saturated heterocycles. The number of hydrogen-bond acceptors (Lipinski definition) is 2. The van der Waals surface area contributed by atoms with E-state index in [4.69, 9.17) is 4.74 Å². The third-order valence-corrected chi connectivity index (χ3v) is 4.85. The van der Waals surface area contributed by atoms with Gasteiger partial charge < -0.3 is 4.74 Å². The van der Waals surface area contributed by atoms with E-state index in [-0.39, 0.29) is 0 Å². The van der Waals surface area contributed by atoms with Gasteiger partial charge in [0, 0.05) is 5.39 Å². The van der Waals surface area contributed by atoms with Gasteiger partial charge in [-0.3, -0.25) is 5.10 Å². The highest BCUT2D eigenvalue weighted by Crippen LogP contribution is 2.34. The molecule has 0 unspecified atom stereocenters. The number of nitrogens with zero attached hydrogens (tertiary/aromatic N) is 1. The second-order valence-electron chi connectivity index (χ2n) is 4.72. The van der Waals surface area contributed by atoms with E-state index in [0.717, 1.165) is 24.8 Å². The van der Waals surface area contributed by atoms with Gasteiger partial charge in [-0.2, -0.15) is 5.10 Å². The van der Waals surface area contributed by atoms with Crippen LogP contribution in [0.15, 0.2) is 16.6 Å². The molecule has 1 aliphatic carbocycles. The van der Waals surface area contributed by atoms with Crippen LogP contribution in [0.3, 0.4) is 0 Å². The van der Waals surface area contributed by atoms with Gasteiger partial charge in [-0.05, 0) is 76.3 Å². The Morgan fingerprint density at radius 3 is 2.83 bits per heavy atom. The van der Waals surface area contributed by atoms with Gasteiger partial charge in [0.15, 0.2) is 0 Å². The van der Waals surface area contributed by atoms with Crippen molar-refractivity contribution >= 4 is 49.4 Å². The van der Waals surface area contributed by atoms with Crippen molar-refractivity contribution in [2.24, 2.45) is 0 Å². The van der Waals surface area contributed by atoms with Crippen LogP contribution in [0.2, 0.25) is 0 Å². The Balaban J connectivity index is 1.90. The molecule has 0 bridgehead atoms. The maximum Gasteiger partial charge on any atom is 0.134 e. The number of rotatable bonds is 2. The summed E-state index contributed by atoms with van der Waals surface area (Å²) in [5.74, 6) is 0.939. The lowest BCUT2D eigenvalue weighted by Gasteiger charge is -2.23. The molecule has 1 aliphatic rings. The minimum absolute atomic E-state index is 0.372. The molecule has 0 spiro atoms. The first kappa shape index (κ1) is 12.7. The smallest absolute Gasteiger partial charge is 0.134 e. The largest absolute Gasteiger partial charge is 0.489 e. The van der Waals surface area contributed by atoms with E-state index in [1.54, 1.807) is 0 Å². The number of ether oxygens (including phenoxy) is 1. The minimum Gasteiger partial charge on any atom is -0.489 e. The molecular formula is C13H14BrIN2O. The standard InChI is InChI=1S/C13H14BrIN2O/c14-10-7-11-9(13(15)17-16-11)6-12(10)18-8-4-2-1-3-5-8/h6-8H,1-5H2,(H,16,17). The third-order valence-electron chi connectivity index (χ3n) is 3.41. The van der Waals surface area contributed by atoms with Crippen LogP contribution in [0.1, 0.15) is 32.1 Å². The lowest BCUT2D eigenvalue weighted by Crippen LogP contribution is -2.19. The normalized spacial score (nSPS) is 17.2. The molecule has 1 fully saturated rings. The Morgan fingerprint density at radius 1 is 1.28 bits per heavy atom. The Morgan fingerprint density at radius 2 is 2.06 bits per heavy atom. The van der Waals surface area contributed by atoms with Gasteiger partial charge in [0.1, 0.15) is 9.45 Å². The SMILES string of the molecule is Brc1cc2n[nH]c(I)c2cc1OC1CCCCC1. The fourth-order valence-corrected chi connectivity index (χ4v) is 3.41. The molecule has 2 aromatic rings. The average molecular weight is 421 g/mol. The van der Waals surface area contributed by atoms with Crippen LogP contribution in [-0.4, -0.2) is 16.3 Å². The predicted molar refractivity (Wildman–Crippen MR) is 84.0 cm³/mol. The van der Waals surface area contributed by atoms with Gasteiger partial charge in [-0.1, -0.05) is 6.42 Å². The van der Waals surface area contributed by atoms with E-state index in [1.807, 2.05) is 6.07 Å². The van der Waals surface area contributed by atoms with Crippen LogP contribution in [-0.2, 0) is 0 Å². The van der Waals surface area contributed by atoms with Crippen molar-refractivity contribution in [3.8, 4) is 5.75 Å². The molecule has 0 radical (unpaired) electrons. The van der Waals surface area contributed by atoms with E-state index in [2.05, 4.69) is 54.8 Å².